The highest BCUT2D eigenvalue weighted by atomic mass is 16.6. The largest absolute Gasteiger partial charge is 0.462 e. The molecular weight excluding hydrogens is 398 g/mol. The molecule has 0 bridgehead atoms. The summed E-state index contributed by atoms with van der Waals surface area (Å²) in [5, 5.41) is 25.2. The average molecular weight is 419 g/mol. The summed E-state index contributed by atoms with van der Waals surface area (Å²) in [5.41, 5.74) is 2.94. The average Bonchev–Trinajstić information content (AvgIpc) is 2.75. The standard InChI is InChI=1S/C22H21N5O4/c1-3-31-22(28)18-13-25-19-8-7-15(24-10-4-9-23)11-17(19)21(18)26-16-6-5-14(2)20(12-16)27(29)30/h4-13,23-24H,3H2,1-2H3,(H,25,26)/b10-4-,23-9?. The van der Waals surface area contributed by atoms with Gasteiger partial charge in [-0.1, -0.05) is 6.07 Å². The number of hydrogen-bond donors (Lipinski definition) is 3. The van der Waals surface area contributed by atoms with Crippen LogP contribution in [0.3, 0.4) is 0 Å². The van der Waals surface area contributed by atoms with Crippen LogP contribution in [0, 0.1) is 22.4 Å². The molecule has 0 aliphatic rings. The van der Waals surface area contributed by atoms with Crippen molar-refractivity contribution in [2.24, 2.45) is 0 Å². The summed E-state index contributed by atoms with van der Waals surface area (Å²) in [4.78, 5) is 27.8. The lowest BCUT2D eigenvalue weighted by Gasteiger charge is -2.15. The zero-order valence-electron chi connectivity index (χ0n) is 17.0. The molecule has 3 rings (SSSR count). The number of rotatable bonds is 8. The quantitative estimate of drug-likeness (QED) is 0.204. The highest BCUT2D eigenvalue weighted by molar-refractivity contribution is 6.06. The van der Waals surface area contributed by atoms with Gasteiger partial charge in [0.15, 0.2) is 0 Å². The molecule has 0 saturated heterocycles. The maximum atomic E-state index is 12.6. The highest BCUT2D eigenvalue weighted by Gasteiger charge is 2.19. The van der Waals surface area contributed by atoms with Gasteiger partial charge in [0.05, 0.1) is 22.7 Å². The monoisotopic (exact) mass is 419 g/mol. The van der Waals surface area contributed by atoms with Crippen molar-refractivity contribution < 1.29 is 14.5 Å². The van der Waals surface area contributed by atoms with E-state index < -0.39 is 10.9 Å². The van der Waals surface area contributed by atoms with E-state index in [1.54, 1.807) is 44.3 Å². The van der Waals surface area contributed by atoms with Gasteiger partial charge in [0.2, 0.25) is 0 Å². The topological polar surface area (TPSA) is 130 Å². The van der Waals surface area contributed by atoms with Crippen LogP contribution in [-0.2, 0) is 4.74 Å². The van der Waals surface area contributed by atoms with Gasteiger partial charge in [-0.25, -0.2) is 4.79 Å². The lowest BCUT2D eigenvalue weighted by Crippen LogP contribution is -2.09. The lowest BCUT2D eigenvalue weighted by atomic mass is 10.1. The second kappa shape index (κ2) is 9.49. The Morgan fingerprint density at radius 2 is 2.03 bits per heavy atom. The molecule has 3 N–H and O–H groups in total. The third-order valence-electron chi connectivity index (χ3n) is 4.48. The van der Waals surface area contributed by atoms with Crippen LogP contribution in [-0.4, -0.2) is 28.7 Å². The Kier molecular flexibility index (Phi) is 6.56. The summed E-state index contributed by atoms with van der Waals surface area (Å²) in [5.74, 6) is -0.553. The van der Waals surface area contributed by atoms with Crippen LogP contribution in [0.15, 0.2) is 54.9 Å². The number of nitro benzene ring substituents is 1. The highest BCUT2D eigenvalue weighted by Crippen LogP contribution is 2.33. The maximum absolute atomic E-state index is 12.6. The van der Waals surface area contributed by atoms with Crippen LogP contribution in [0.2, 0.25) is 0 Å². The number of esters is 1. The molecule has 0 aliphatic carbocycles. The van der Waals surface area contributed by atoms with E-state index in [0.717, 1.165) is 6.21 Å². The van der Waals surface area contributed by atoms with Crippen molar-refractivity contribution >= 4 is 45.8 Å². The number of aryl methyl sites for hydroxylation is 1. The number of nitrogens with zero attached hydrogens (tertiary/aromatic N) is 2. The summed E-state index contributed by atoms with van der Waals surface area (Å²) in [6, 6.07) is 10.2. The Balaban J connectivity index is 2.15. The minimum absolute atomic E-state index is 0.0276. The zero-order valence-corrected chi connectivity index (χ0v) is 17.0. The molecule has 0 atom stereocenters. The number of nitrogens with one attached hydrogen (secondary N) is 3. The van der Waals surface area contributed by atoms with Gasteiger partial charge in [-0.2, -0.15) is 0 Å². The first-order valence-electron chi connectivity index (χ1n) is 9.48. The molecule has 0 spiro atoms. The predicted molar refractivity (Wildman–Crippen MR) is 120 cm³/mol. The van der Waals surface area contributed by atoms with E-state index in [2.05, 4.69) is 15.6 Å². The molecule has 0 aliphatic heterocycles. The number of carbonyl (C=O) groups excluding carboxylic acids is 1. The molecule has 158 valence electrons. The van der Waals surface area contributed by atoms with Crippen molar-refractivity contribution in [2.45, 2.75) is 13.8 Å². The smallest absolute Gasteiger partial charge is 0.341 e. The van der Waals surface area contributed by atoms with Crippen LogP contribution in [0.1, 0.15) is 22.8 Å². The van der Waals surface area contributed by atoms with Gasteiger partial charge in [-0.3, -0.25) is 15.1 Å². The molecule has 1 heterocycles. The molecule has 0 amide bonds. The van der Waals surface area contributed by atoms with Gasteiger partial charge < -0.3 is 20.8 Å². The van der Waals surface area contributed by atoms with E-state index in [9.17, 15) is 14.9 Å². The number of nitro groups is 1. The summed E-state index contributed by atoms with van der Waals surface area (Å²) in [6.07, 6.45) is 5.70. The van der Waals surface area contributed by atoms with E-state index in [0.29, 0.717) is 33.5 Å². The van der Waals surface area contributed by atoms with Crippen LogP contribution < -0.4 is 10.6 Å². The molecule has 9 nitrogen and oxygen atoms in total. The molecule has 0 saturated carbocycles. The number of aromatic nitrogens is 1. The fourth-order valence-electron chi connectivity index (χ4n) is 3.00. The van der Waals surface area contributed by atoms with Gasteiger partial charge in [-0.15, -0.1) is 0 Å². The van der Waals surface area contributed by atoms with Crippen LogP contribution in [0.4, 0.5) is 22.7 Å². The van der Waals surface area contributed by atoms with Crippen molar-refractivity contribution in [1.82, 2.24) is 4.98 Å². The van der Waals surface area contributed by atoms with Gasteiger partial charge in [0.1, 0.15) is 5.56 Å². The Bertz CT molecular complexity index is 1190. The van der Waals surface area contributed by atoms with Crippen molar-refractivity contribution in [2.75, 3.05) is 17.2 Å². The molecule has 0 radical (unpaired) electrons. The summed E-state index contributed by atoms with van der Waals surface area (Å²) >= 11 is 0. The normalized spacial score (nSPS) is 10.8. The zero-order chi connectivity index (χ0) is 22.4. The molecule has 9 heteroatoms. The second-order valence-electron chi connectivity index (χ2n) is 6.55. The van der Waals surface area contributed by atoms with Gasteiger partial charge in [-0.05, 0) is 44.2 Å². The summed E-state index contributed by atoms with van der Waals surface area (Å²) in [7, 11) is 0. The van der Waals surface area contributed by atoms with E-state index in [-0.39, 0.29) is 17.9 Å². The van der Waals surface area contributed by atoms with E-state index in [1.807, 2.05) is 6.07 Å². The molecule has 1 aromatic heterocycles. The van der Waals surface area contributed by atoms with Crippen molar-refractivity contribution in [3.63, 3.8) is 0 Å². The first kappa shape index (κ1) is 21.4. The number of carbonyl (C=O) groups is 1. The number of anilines is 3. The summed E-state index contributed by atoms with van der Waals surface area (Å²) in [6.45, 7) is 3.57. The molecule has 31 heavy (non-hydrogen) atoms. The Morgan fingerprint density at radius 3 is 2.74 bits per heavy atom. The SMILES string of the molecule is CCOC(=O)c1cnc2ccc(N/C=C\C=N)cc2c1Nc1ccc(C)c([N+](=O)[O-])c1. The van der Waals surface area contributed by atoms with Crippen molar-refractivity contribution in [3.8, 4) is 0 Å². The maximum Gasteiger partial charge on any atom is 0.341 e. The molecular formula is C22H21N5O4. The van der Waals surface area contributed by atoms with Gasteiger partial charge in [0, 0.05) is 47.0 Å². The van der Waals surface area contributed by atoms with E-state index in [4.69, 9.17) is 10.1 Å². The van der Waals surface area contributed by atoms with Crippen LogP contribution in [0.25, 0.3) is 10.9 Å². The molecule has 0 fully saturated rings. The van der Waals surface area contributed by atoms with E-state index >= 15 is 0 Å². The lowest BCUT2D eigenvalue weighted by molar-refractivity contribution is -0.385. The predicted octanol–water partition coefficient (Wildman–Crippen LogP) is 4.95. The van der Waals surface area contributed by atoms with Gasteiger partial charge >= 0.3 is 5.97 Å². The molecule has 2 aromatic carbocycles. The minimum Gasteiger partial charge on any atom is -0.462 e. The van der Waals surface area contributed by atoms with E-state index in [1.165, 1.54) is 18.3 Å². The van der Waals surface area contributed by atoms with Gasteiger partial charge in [0.25, 0.3) is 5.69 Å². The second-order valence-corrected chi connectivity index (χ2v) is 6.55. The minimum atomic E-state index is -0.553. The fraction of sp³-hybridized carbons (Fsp3) is 0.136. The third-order valence-corrected chi connectivity index (χ3v) is 4.48. The number of pyridine rings is 1. The fourth-order valence-corrected chi connectivity index (χ4v) is 3.00. The van der Waals surface area contributed by atoms with Crippen LogP contribution >= 0.6 is 0 Å². The molecule has 3 aromatic rings. The summed E-state index contributed by atoms with van der Waals surface area (Å²) < 4.78 is 5.17. The number of benzene rings is 2. The Morgan fingerprint density at radius 1 is 1.26 bits per heavy atom. The number of allylic oxidation sites excluding steroid dienone is 1. The number of ether oxygens (including phenoxy) is 1. The Hall–Kier alpha value is -4.27. The van der Waals surface area contributed by atoms with Crippen LogP contribution in [0.5, 0.6) is 0 Å². The van der Waals surface area contributed by atoms with Crippen molar-refractivity contribution in [1.29, 1.82) is 5.41 Å². The first-order chi connectivity index (χ1) is 14.9. The Labute approximate surface area is 178 Å². The molecule has 0 unspecified atom stereocenters. The first-order valence-corrected chi connectivity index (χ1v) is 9.48. The third kappa shape index (κ3) is 4.84. The number of hydrogen-bond acceptors (Lipinski definition) is 8. The van der Waals surface area contributed by atoms with Crippen molar-refractivity contribution in [3.05, 3.63) is 76.1 Å². The number of fused-ring (bicyclic) bond motifs is 1.